The Hall–Kier alpha value is -1.57. The van der Waals surface area contributed by atoms with Gasteiger partial charge in [0.05, 0.1) is 0 Å². The van der Waals surface area contributed by atoms with Crippen LogP contribution in [0.4, 0.5) is 0 Å². The van der Waals surface area contributed by atoms with Crippen LogP contribution in [0.2, 0.25) is 0 Å². The van der Waals surface area contributed by atoms with Gasteiger partial charge in [-0.15, -0.1) is 0 Å². The second-order valence-electron chi connectivity index (χ2n) is 4.01. The van der Waals surface area contributed by atoms with Gasteiger partial charge in [-0.1, -0.05) is 29.5 Å². The minimum Gasteiger partial charge on any atom is -0.362 e. The van der Waals surface area contributed by atoms with Crippen molar-refractivity contribution in [3.63, 3.8) is 0 Å². The molecule has 0 saturated carbocycles. The van der Waals surface area contributed by atoms with Gasteiger partial charge in [0, 0.05) is 6.72 Å². The van der Waals surface area contributed by atoms with E-state index in [0.29, 0.717) is 0 Å². The lowest BCUT2D eigenvalue weighted by Crippen LogP contribution is -1.99. The van der Waals surface area contributed by atoms with Crippen molar-refractivity contribution in [3.8, 4) is 0 Å². The molecular formula is C14H19NO. The molecule has 0 bridgehead atoms. The van der Waals surface area contributed by atoms with Gasteiger partial charge in [-0.25, -0.2) is 0 Å². The molecule has 0 atom stereocenters. The monoisotopic (exact) mass is 217 g/mol. The molecule has 86 valence electrons. The van der Waals surface area contributed by atoms with Crippen molar-refractivity contribution in [2.24, 2.45) is 5.16 Å². The summed E-state index contributed by atoms with van der Waals surface area (Å²) in [5.74, 6) is 0.809. The third-order valence-electron chi connectivity index (χ3n) is 3.02. The van der Waals surface area contributed by atoms with Crippen molar-refractivity contribution in [3.05, 3.63) is 46.8 Å². The molecule has 1 aliphatic carbocycles. The molecule has 0 aromatic rings. The van der Waals surface area contributed by atoms with Crippen molar-refractivity contribution in [1.82, 2.24) is 0 Å². The number of rotatable bonds is 4. The maximum Gasteiger partial charge on any atom is 0.135 e. The van der Waals surface area contributed by atoms with Gasteiger partial charge < -0.3 is 4.84 Å². The quantitative estimate of drug-likeness (QED) is 0.394. The van der Waals surface area contributed by atoms with Crippen LogP contribution in [0.15, 0.2) is 51.9 Å². The Morgan fingerprint density at radius 1 is 1.44 bits per heavy atom. The third-order valence-corrected chi connectivity index (χ3v) is 3.02. The highest BCUT2D eigenvalue weighted by Gasteiger charge is 2.12. The normalized spacial score (nSPS) is 17.6. The molecule has 0 heterocycles. The third kappa shape index (κ3) is 2.72. The molecule has 0 aliphatic heterocycles. The zero-order chi connectivity index (χ0) is 12.1. The first-order valence-corrected chi connectivity index (χ1v) is 5.43. The summed E-state index contributed by atoms with van der Waals surface area (Å²) in [5.41, 5.74) is 5.05. The van der Waals surface area contributed by atoms with Gasteiger partial charge in [0.15, 0.2) is 0 Å². The number of allylic oxidation sites excluding steroid dienone is 7. The molecule has 1 rings (SSSR count). The summed E-state index contributed by atoms with van der Waals surface area (Å²) in [5, 5.41) is 3.44. The van der Waals surface area contributed by atoms with Gasteiger partial charge in [-0.3, -0.25) is 0 Å². The van der Waals surface area contributed by atoms with E-state index >= 15 is 0 Å². The maximum absolute atomic E-state index is 5.06. The van der Waals surface area contributed by atoms with Gasteiger partial charge in [0.25, 0.3) is 0 Å². The molecule has 0 radical (unpaired) electrons. The average molecular weight is 217 g/mol. The summed E-state index contributed by atoms with van der Waals surface area (Å²) in [6, 6.07) is 0. The molecule has 0 aromatic heterocycles. The van der Waals surface area contributed by atoms with Crippen LogP contribution in [-0.4, -0.2) is 6.72 Å². The van der Waals surface area contributed by atoms with Crippen molar-refractivity contribution >= 4 is 6.72 Å². The Balaban J connectivity index is 3.03. The predicted molar refractivity (Wildman–Crippen MR) is 69.2 cm³/mol. The number of hydrogen-bond acceptors (Lipinski definition) is 2. The van der Waals surface area contributed by atoms with Crippen LogP contribution >= 0.6 is 0 Å². The minimum absolute atomic E-state index is 0.809. The molecular weight excluding hydrogens is 198 g/mol. The fourth-order valence-corrected chi connectivity index (χ4v) is 1.77. The van der Waals surface area contributed by atoms with Crippen molar-refractivity contribution < 1.29 is 4.84 Å². The molecule has 0 spiro atoms. The lowest BCUT2D eigenvalue weighted by Gasteiger charge is -2.17. The van der Waals surface area contributed by atoms with E-state index in [9.17, 15) is 0 Å². The van der Waals surface area contributed by atoms with Crippen LogP contribution in [0, 0.1) is 0 Å². The highest BCUT2D eigenvalue weighted by molar-refractivity contribution is 5.46. The lowest BCUT2D eigenvalue weighted by molar-refractivity contribution is 0.229. The van der Waals surface area contributed by atoms with Crippen molar-refractivity contribution in [1.29, 1.82) is 0 Å². The Labute approximate surface area is 97.7 Å². The average Bonchev–Trinajstić information content (AvgIpc) is 2.29. The highest BCUT2D eigenvalue weighted by atomic mass is 16.6. The van der Waals surface area contributed by atoms with E-state index in [1.165, 1.54) is 16.7 Å². The standard InChI is InChI=1S/C14H19NO/c1-6-13-9-14(8-7-10(13)2)11(3)12(4)16-15-5/h6,9H,1,5,7-8H2,2-4H3/b12-11+. The SMILES string of the molecule is C=CC1=C(C)CCC(/C(C)=C(\C)ON=C)=C1. The molecule has 0 amide bonds. The molecule has 2 heteroatoms. The van der Waals surface area contributed by atoms with Crippen LogP contribution in [0.5, 0.6) is 0 Å². The zero-order valence-corrected chi connectivity index (χ0v) is 10.3. The second-order valence-corrected chi connectivity index (χ2v) is 4.01. The van der Waals surface area contributed by atoms with Crippen LogP contribution < -0.4 is 0 Å². The number of oxime groups is 1. The van der Waals surface area contributed by atoms with Crippen molar-refractivity contribution in [2.75, 3.05) is 0 Å². The predicted octanol–water partition coefficient (Wildman–Crippen LogP) is 4.14. The van der Waals surface area contributed by atoms with Crippen molar-refractivity contribution in [2.45, 2.75) is 33.6 Å². The second kappa shape index (κ2) is 5.50. The zero-order valence-electron chi connectivity index (χ0n) is 10.3. The highest BCUT2D eigenvalue weighted by Crippen LogP contribution is 2.29. The Morgan fingerprint density at radius 2 is 2.12 bits per heavy atom. The summed E-state index contributed by atoms with van der Waals surface area (Å²) < 4.78 is 0. The van der Waals surface area contributed by atoms with Gasteiger partial charge in [0.2, 0.25) is 0 Å². The van der Waals surface area contributed by atoms with E-state index in [1.807, 2.05) is 19.9 Å². The molecule has 0 unspecified atom stereocenters. The fourth-order valence-electron chi connectivity index (χ4n) is 1.77. The first-order valence-electron chi connectivity index (χ1n) is 5.43. The maximum atomic E-state index is 5.06. The van der Waals surface area contributed by atoms with Gasteiger partial charge in [-0.2, -0.15) is 0 Å². The Morgan fingerprint density at radius 3 is 2.69 bits per heavy atom. The summed E-state index contributed by atoms with van der Waals surface area (Å²) >= 11 is 0. The first-order chi connectivity index (χ1) is 7.60. The van der Waals surface area contributed by atoms with E-state index in [-0.39, 0.29) is 0 Å². The smallest absolute Gasteiger partial charge is 0.135 e. The number of hydrogen-bond donors (Lipinski definition) is 0. The van der Waals surface area contributed by atoms with E-state index in [4.69, 9.17) is 4.84 Å². The van der Waals surface area contributed by atoms with E-state index < -0.39 is 0 Å². The molecule has 0 N–H and O–H groups in total. The van der Waals surface area contributed by atoms with Crippen LogP contribution in [0.25, 0.3) is 0 Å². The molecule has 0 aromatic carbocycles. The minimum atomic E-state index is 0.809. The van der Waals surface area contributed by atoms with Gasteiger partial charge >= 0.3 is 0 Å². The molecule has 16 heavy (non-hydrogen) atoms. The molecule has 2 nitrogen and oxygen atoms in total. The molecule has 0 fully saturated rings. The van der Waals surface area contributed by atoms with Gasteiger partial charge in [0.1, 0.15) is 5.76 Å². The lowest BCUT2D eigenvalue weighted by atomic mass is 9.89. The Kier molecular flexibility index (Phi) is 4.29. The van der Waals surface area contributed by atoms with E-state index in [0.717, 1.165) is 24.2 Å². The summed E-state index contributed by atoms with van der Waals surface area (Å²) in [6.45, 7) is 13.3. The summed E-state index contributed by atoms with van der Waals surface area (Å²) in [6.07, 6.45) is 6.22. The summed E-state index contributed by atoms with van der Waals surface area (Å²) in [7, 11) is 0. The largest absolute Gasteiger partial charge is 0.362 e. The number of nitrogens with zero attached hydrogens (tertiary/aromatic N) is 1. The van der Waals surface area contributed by atoms with E-state index in [1.54, 1.807) is 0 Å². The summed E-state index contributed by atoms with van der Waals surface area (Å²) in [4.78, 5) is 5.06. The van der Waals surface area contributed by atoms with E-state index in [2.05, 4.69) is 31.5 Å². The topological polar surface area (TPSA) is 21.6 Å². The van der Waals surface area contributed by atoms with Gasteiger partial charge in [-0.05, 0) is 50.3 Å². The molecule has 1 aliphatic rings. The first kappa shape index (κ1) is 12.5. The Bertz CT molecular complexity index is 397. The van der Waals surface area contributed by atoms with Crippen LogP contribution in [-0.2, 0) is 4.84 Å². The molecule has 0 saturated heterocycles. The van der Waals surface area contributed by atoms with Crippen LogP contribution in [0.1, 0.15) is 33.6 Å². The fraction of sp³-hybridized carbons (Fsp3) is 0.357. The van der Waals surface area contributed by atoms with Crippen LogP contribution in [0.3, 0.4) is 0 Å².